The summed E-state index contributed by atoms with van der Waals surface area (Å²) in [6, 6.07) is 6.31. The fraction of sp³-hybridized carbons (Fsp3) is 0.438. The number of fused-ring (bicyclic) bond motifs is 1. The van der Waals surface area contributed by atoms with E-state index in [-0.39, 0.29) is 6.61 Å². The van der Waals surface area contributed by atoms with Gasteiger partial charge in [0.1, 0.15) is 12.4 Å². The summed E-state index contributed by atoms with van der Waals surface area (Å²) >= 11 is 0. The number of benzene rings is 1. The highest BCUT2D eigenvalue weighted by Crippen LogP contribution is 2.38. The third-order valence-corrected chi connectivity index (χ3v) is 4.02. The number of aromatic nitrogens is 2. The molecule has 1 heterocycles. The molecule has 2 N–H and O–H groups in total. The first-order chi connectivity index (χ1) is 9.07. The molecule has 1 aromatic carbocycles. The molecule has 0 saturated heterocycles. The van der Waals surface area contributed by atoms with Crippen molar-refractivity contribution >= 4 is 16.6 Å². The Kier molecular flexibility index (Phi) is 2.94. The normalized spacial score (nSPS) is 18.6. The van der Waals surface area contributed by atoms with Crippen molar-refractivity contribution in [1.29, 1.82) is 0 Å². The number of rotatable bonds is 2. The molecule has 1 aromatic heterocycles. The number of nitrogens with one attached hydrogen (secondary N) is 1. The monoisotopic (exact) mass is 256 g/mol. The molecule has 0 unspecified atom stereocenters. The van der Waals surface area contributed by atoms with Crippen LogP contribution in [-0.4, -0.2) is 15.1 Å². The SMILES string of the molecule is CC1(C)CC=C(c2ccc3nc(CO)[nH]c3c2)CC1. The van der Waals surface area contributed by atoms with E-state index in [2.05, 4.69) is 42.0 Å². The molecule has 100 valence electrons. The van der Waals surface area contributed by atoms with Crippen LogP contribution in [0.4, 0.5) is 0 Å². The molecule has 1 aliphatic rings. The molecule has 3 nitrogen and oxygen atoms in total. The number of H-pyrrole nitrogens is 1. The maximum Gasteiger partial charge on any atom is 0.133 e. The lowest BCUT2D eigenvalue weighted by Gasteiger charge is -2.28. The molecule has 3 heteroatoms. The van der Waals surface area contributed by atoms with E-state index < -0.39 is 0 Å². The van der Waals surface area contributed by atoms with E-state index in [1.165, 1.54) is 17.6 Å². The lowest BCUT2D eigenvalue weighted by Crippen LogP contribution is -2.13. The summed E-state index contributed by atoms with van der Waals surface area (Å²) in [6.45, 7) is 4.61. The minimum Gasteiger partial charge on any atom is -0.388 e. The zero-order chi connectivity index (χ0) is 13.5. The van der Waals surface area contributed by atoms with E-state index in [1.54, 1.807) is 0 Å². The number of aliphatic hydroxyl groups excluding tert-OH is 1. The summed E-state index contributed by atoms with van der Waals surface area (Å²) < 4.78 is 0. The molecule has 0 aliphatic heterocycles. The van der Waals surface area contributed by atoms with Gasteiger partial charge in [0.2, 0.25) is 0 Å². The van der Waals surface area contributed by atoms with Gasteiger partial charge in [-0.1, -0.05) is 26.0 Å². The van der Waals surface area contributed by atoms with Crippen LogP contribution in [0.25, 0.3) is 16.6 Å². The van der Waals surface area contributed by atoms with Crippen LogP contribution in [0.2, 0.25) is 0 Å². The third kappa shape index (κ3) is 2.43. The number of nitrogens with zero attached hydrogens (tertiary/aromatic N) is 1. The van der Waals surface area contributed by atoms with Crippen LogP contribution in [0.15, 0.2) is 24.3 Å². The van der Waals surface area contributed by atoms with Crippen LogP contribution in [-0.2, 0) is 6.61 Å². The van der Waals surface area contributed by atoms with Crippen molar-refractivity contribution in [3.63, 3.8) is 0 Å². The molecule has 19 heavy (non-hydrogen) atoms. The summed E-state index contributed by atoms with van der Waals surface area (Å²) in [5.74, 6) is 0.630. The van der Waals surface area contributed by atoms with Crippen molar-refractivity contribution in [1.82, 2.24) is 9.97 Å². The maximum absolute atomic E-state index is 9.11. The Bertz CT molecular complexity index is 637. The summed E-state index contributed by atoms with van der Waals surface area (Å²) in [4.78, 5) is 7.47. The van der Waals surface area contributed by atoms with Gasteiger partial charge in [-0.15, -0.1) is 0 Å². The van der Waals surface area contributed by atoms with Crippen molar-refractivity contribution in [3.05, 3.63) is 35.7 Å². The quantitative estimate of drug-likeness (QED) is 0.861. The Morgan fingerprint density at radius 2 is 2.21 bits per heavy atom. The lowest BCUT2D eigenvalue weighted by molar-refractivity contribution is 0.273. The average Bonchev–Trinajstić information content (AvgIpc) is 2.80. The van der Waals surface area contributed by atoms with Crippen molar-refractivity contribution in [2.45, 2.75) is 39.7 Å². The first-order valence-corrected chi connectivity index (χ1v) is 6.86. The van der Waals surface area contributed by atoms with Gasteiger partial charge < -0.3 is 10.1 Å². The molecule has 3 rings (SSSR count). The number of aliphatic hydroxyl groups is 1. The van der Waals surface area contributed by atoms with Gasteiger partial charge in [-0.3, -0.25) is 0 Å². The van der Waals surface area contributed by atoms with E-state index >= 15 is 0 Å². The second-order valence-electron chi connectivity index (χ2n) is 6.17. The Balaban J connectivity index is 1.95. The van der Waals surface area contributed by atoms with E-state index in [4.69, 9.17) is 5.11 Å². The molecule has 0 atom stereocenters. The second-order valence-corrected chi connectivity index (χ2v) is 6.17. The van der Waals surface area contributed by atoms with Crippen molar-refractivity contribution in [2.24, 2.45) is 5.41 Å². The van der Waals surface area contributed by atoms with E-state index in [0.29, 0.717) is 11.2 Å². The van der Waals surface area contributed by atoms with E-state index in [1.807, 2.05) is 6.07 Å². The number of hydrogen-bond donors (Lipinski definition) is 2. The van der Waals surface area contributed by atoms with E-state index in [0.717, 1.165) is 23.9 Å². The summed E-state index contributed by atoms with van der Waals surface area (Å²) in [5.41, 5.74) is 5.07. The topological polar surface area (TPSA) is 48.9 Å². The molecular weight excluding hydrogens is 236 g/mol. The van der Waals surface area contributed by atoms with Crippen molar-refractivity contribution < 1.29 is 5.11 Å². The molecule has 0 bridgehead atoms. The Labute approximate surface area is 113 Å². The Morgan fingerprint density at radius 1 is 1.37 bits per heavy atom. The zero-order valence-electron chi connectivity index (χ0n) is 11.5. The van der Waals surface area contributed by atoms with Crippen LogP contribution in [0, 0.1) is 5.41 Å². The summed E-state index contributed by atoms with van der Waals surface area (Å²) in [7, 11) is 0. The average molecular weight is 256 g/mol. The highest BCUT2D eigenvalue weighted by molar-refractivity contribution is 5.81. The first kappa shape index (κ1) is 12.4. The van der Waals surface area contributed by atoms with Gasteiger partial charge in [0.15, 0.2) is 0 Å². The van der Waals surface area contributed by atoms with Gasteiger partial charge in [-0.2, -0.15) is 0 Å². The minimum absolute atomic E-state index is 0.0408. The predicted molar refractivity (Wildman–Crippen MR) is 77.6 cm³/mol. The summed E-state index contributed by atoms with van der Waals surface area (Å²) in [5, 5.41) is 9.11. The van der Waals surface area contributed by atoms with Gasteiger partial charge in [0.25, 0.3) is 0 Å². The van der Waals surface area contributed by atoms with Crippen molar-refractivity contribution in [3.8, 4) is 0 Å². The molecule has 0 radical (unpaired) electrons. The molecule has 0 spiro atoms. The maximum atomic E-state index is 9.11. The van der Waals surface area contributed by atoms with Crippen LogP contribution >= 0.6 is 0 Å². The molecule has 2 aromatic rings. The molecule has 0 fully saturated rings. The van der Waals surface area contributed by atoms with Crippen LogP contribution in [0.3, 0.4) is 0 Å². The molecular formula is C16H20N2O. The zero-order valence-corrected chi connectivity index (χ0v) is 11.5. The summed E-state index contributed by atoms with van der Waals surface area (Å²) in [6.07, 6.45) is 5.89. The number of imidazole rings is 1. The molecule has 0 saturated carbocycles. The smallest absolute Gasteiger partial charge is 0.133 e. The predicted octanol–water partition coefficient (Wildman–Crippen LogP) is 3.65. The van der Waals surface area contributed by atoms with Gasteiger partial charge in [0, 0.05) is 0 Å². The highest BCUT2D eigenvalue weighted by Gasteiger charge is 2.22. The van der Waals surface area contributed by atoms with Crippen LogP contribution in [0.5, 0.6) is 0 Å². The number of hydrogen-bond acceptors (Lipinski definition) is 2. The fourth-order valence-corrected chi connectivity index (χ4v) is 2.68. The van der Waals surface area contributed by atoms with Crippen molar-refractivity contribution in [2.75, 3.05) is 0 Å². The third-order valence-electron chi connectivity index (χ3n) is 4.02. The van der Waals surface area contributed by atoms with Crippen LogP contribution in [0.1, 0.15) is 44.5 Å². The number of allylic oxidation sites excluding steroid dienone is 2. The van der Waals surface area contributed by atoms with Gasteiger partial charge in [-0.25, -0.2) is 4.98 Å². The lowest BCUT2D eigenvalue weighted by atomic mass is 9.77. The number of aromatic amines is 1. The second kappa shape index (κ2) is 4.49. The fourth-order valence-electron chi connectivity index (χ4n) is 2.68. The van der Waals surface area contributed by atoms with E-state index in [9.17, 15) is 0 Å². The Hall–Kier alpha value is -1.61. The highest BCUT2D eigenvalue weighted by atomic mass is 16.3. The standard InChI is InChI=1S/C16H20N2O/c1-16(2)7-5-11(6-8-16)12-3-4-13-14(9-12)18-15(10-19)17-13/h3-5,9,19H,6-8,10H2,1-2H3,(H,17,18). The van der Waals surface area contributed by atoms with Crippen LogP contribution < -0.4 is 0 Å². The van der Waals surface area contributed by atoms with Gasteiger partial charge >= 0.3 is 0 Å². The first-order valence-electron chi connectivity index (χ1n) is 6.86. The van der Waals surface area contributed by atoms with Gasteiger partial charge in [-0.05, 0) is 47.9 Å². The molecule has 1 aliphatic carbocycles. The molecule has 0 amide bonds. The minimum atomic E-state index is -0.0408. The Morgan fingerprint density at radius 3 is 2.89 bits per heavy atom. The largest absolute Gasteiger partial charge is 0.388 e. The van der Waals surface area contributed by atoms with Gasteiger partial charge in [0.05, 0.1) is 11.0 Å².